The number of hydrogen-bond donors (Lipinski definition) is 1. The Balaban J connectivity index is 1.79. The molecule has 2 heterocycles. The molecule has 3 aromatic rings. The van der Waals surface area contributed by atoms with Crippen molar-refractivity contribution in [1.29, 1.82) is 0 Å². The maximum Gasteiger partial charge on any atom is 0.435 e. The summed E-state index contributed by atoms with van der Waals surface area (Å²) in [6.07, 6.45) is -4.98. The minimum atomic E-state index is -4.59. The molecule has 0 spiro atoms. The van der Waals surface area contributed by atoms with Crippen LogP contribution < -0.4 is 10.4 Å². The zero-order chi connectivity index (χ0) is 31.0. The normalized spacial score (nSPS) is 16.3. The summed E-state index contributed by atoms with van der Waals surface area (Å²) in [5.74, 6) is -0.160. The highest BCUT2D eigenvalue weighted by atomic mass is 19.4. The number of benzene rings is 2. The number of hydrogen-bond acceptors (Lipinski definition) is 5. The summed E-state index contributed by atoms with van der Waals surface area (Å²) < 4.78 is 50.5. The van der Waals surface area contributed by atoms with Crippen LogP contribution in [0, 0.1) is 0 Å². The van der Waals surface area contributed by atoms with Crippen LogP contribution in [0.5, 0.6) is 0 Å². The average Bonchev–Trinajstić information content (AvgIpc) is 3.15. The summed E-state index contributed by atoms with van der Waals surface area (Å²) in [6.45, 7) is 9.98. The molecule has 0 bridgehead atoms. The molecule has 0 saturated heterocycles. The second-order valence-electron chi connectivity index (χ2n) is 12.4. The Morgan fingerprint density at radius 3 is 2.31 bits per heavy atom. The third kappa shape index (κ3) is 6.95. The number of halogens is 3. The number of amidine groups is 1. The molecule has 8 nitrogen and oxygen atoms in total. The number of aliphatic imine (C=N–C) groups is 1. The van der Waals surface area contributed by atoms with Crippen molar-refractivity contribution in [2.45, 2.75) is 90.8 Å². The second kappa shape index (κ2) is 11.4. The van der Waals surface area contributed by atoms with E-state index in [0.717, 1.165) is 10.5 Å². The van der Waals surface area contributed by atoms with Gasteiger partial charge in [0.15, 0.2) is 0 Å². The van der Waals surface area contributed by atoms with Crippen molar-refractivity contribution in [1.82, 2.24) is 14.8 Å². The first kappa shape index (κ1) is 31.1. The van der Waals surface area contributed by atoms with Gasteiger partial charge in [0, 0.05) is 30.2 Å². The lowest BCUT2D eigenvalue weighted by molar-refractivity contribution is -0.264. The van der Waals surface area contributed by atoms with Crippen LogP contribution in [0.2, 0.25) is 0 Å². The Labute approximate surface area is 243 Å². The molecule has 0 aliphatic carbocycles. The molecule has 0 radical (unpaired) electrons. The molecule has 2 amide bonds. The number of aromatic nitrogens is 1. The fourth-order valence-electron chi connectivity index (χ4n) is 5.34. The number of nitrogens with one attached hydrogen (secondary N) is 1. The highest BCUT2D eigenvalue weighted by Crippen LogP contribution is 2.40. The van der Waals surface area contributed by atoms with E-state index in [1.54, 1.807) is 58.4 Å². The van der Waals surface area contributed by atoms with Crippen molar-refractivity contribution < 1.29 is 32.6 Å². The fraction of sp³-hybridized carbons (Fsp3) is 0.452. The van der Waals surface area contributed by atoms with Gasteiger partial charge in [0.05, 0.1) is 17.1 Å². The fourth-order valence-corrected chi connectivity index (χ4v) is 5.34. The van der Waals surface area contributed by atoms with Crippen molar-refractivity contribution >= 4 is 28.9 Å². The van der Waals surface area contributed by atoms with Gasteiger partial charge in [-0.15, -0.1) is 0 Å². The Kier molecular flexibility index (Phi) is 8.46. The van der Waals surface area contributed by atoms with Crippen LogP contribution in [0.1, 0.15) is 63.8 Å². The van der Waals surface area contributed by atoms with E-state index >= 15 is 0 Å². The van der Waals surface area contributed by atoms with Crippen LogP contribution in [0.25, 0.3) is 10.9 Å². The molecule has 4 rings (SSSR count). The quantitative estimate of drug-likeness (QED) is 0.313. The van der Waals surface area contributed by atoms with Gasteiger partial charge in [0.1, 0.15) is 17.5 Å². The maximum absolute atomic E-state index is 14.5. The molecule has 1 atom stereocenters. The van der Waals surface area contributed by atoms with Crippen LogP contribution in [-0.4, -0.2) is 44.7 Å². The van der Waals surface area contributed by atoms with Crippen molar-refractivity contribution in [2.75, 3.05) is 0 Å². The maximum atomic E-state index is 14.5. The molecule has 1 aliphatic heterocycles. The highest BCUT2D eigenvalue weighted by Gasteiger charge is 2.38. The molecule has 1 N–H and O–H groups in total. The number of alkyl halides is 3. The first-order chi connectivity index (χ1) is 19.5. The summed E-state index contributed by atoms with van der Waals surface area (Å²) in [6, 6.07) is 11.5. The smallest absolute Gasteiger partial charge is 0.435 e. The molecule has 2 aromatic carbocycles. The van der Waals surface area contributed by atoms with Crippen LogP contribution in [0.4, 0.5) is 22.8 Å². The summed E-state index contributed by atoms with van der Waals surface area (Å²) in [5.41, 5.74) is -0.484. The number of carbonyl (C=O) groups excluding carboxylic acids is 2. The molecule has 1 unspecified atom stereocenters. The second-order valence-corrected chi connectivity index (χ2v) is 12.4. The third-order valence-corrected chi connectivity index (χ3v) is 6.93. The minimum absolute atomic E-state index is 0.0125. The van der Waals surface area contributed by atoms with Gasteiger partial charge in [-0.25, -0.2) is 4.79 Å². The predicted molar refractivity (Wildman–Crippen MR) is 152 cm³/mol. The molecule has 42 heavy (non-hydrogen) atoms. The Bertz CT molecular complexity index is 1500. The number of nitrogens with zero attached hydrogens (tertiary/aromatic N) is 3. The van der Waals surface area contributed by atoms with Crippen LogP contribution in [-0.2, 0) is 36.8 Å². The van der Waals surface area contributed by atoms with Crippen molar-refractivity contribution in [3.8, 4) is 0 Å². The van der Waals surface area contributed by atoms with E-state index in [9.17, 15) is 27.9 Å². The van der Waals surface area contributed by atoms with Gasteiger partial charge in [0.25, 0.3) is 0 Å². The molecular weight excluding hydrogens is 549 g/mol. The number of amides is 2. The number of aryl methyl sites for hydroxylation is 2. The van der Waals surface area contributed by atoms with Crippen LogP contribution in [0.3, 0.4) is 0 Å². The van der Waals surface area contributed by atoms with Gasteiger partial charge in [0.2, 0.25) is 0 Å². The van der Waals surface area contributed by atoms with Gasteiger partial charge in [-0.05, 0) is 77.1 Å². The molecule has 0 fully saturated rings. The van der Waals surface area contributed by atoms with Gasteiger partial charge in [-0.1, -0.05) is 36.4 Å². The molecule has 0 saturated carbocycles. The minimum Gasteiger partial charge on any atom is -0.530 e. The summed E-state index contributed by atoms with van der Waals surface area (Å²) >= 11 is 0. The molecule has 11 heteroatoms. The predicted octanol–water partition coefficient (Wildman–Crippen LogP) is 5.69. The standard InChI is InChI=1S/C31H37F3N4O4/c1-29(2,3)38(28(40)41)26(36-27(39)42-30(4,5)6)23-18-37-15-14-22-24(31(32,33)34)20(16-21(17-35-23)25(22)37)13-12-19-10-8-7-9-11-19/h7-11,14-16,23,35H,12-13,17-18H2,1-6H3,(H,40,41)/p-1. The zero-order valence-electron chi connectivity index (χ0n) is 24.6. The highest BCUT2D eigenvalue weighted by molar-refractivity contribution is 6.03. The summed E-state index contributed by atoms with van der Waals surface area (Å²) in [5, 5.41) is 15.7. The molecule has 1 aromatic heterocycles. The van der Waals surface area contributed by atoms with Gasteiger partial charge in [-0.2, -0.15) is 18.2 Å². The summed E-state index contributed by atoms with van der Waals surface area (Å²) in [7, 11) is 0. The van der Waals surface area contributed by atoms with E-state index in [-0.39, 0.29) is 36.3 Å². The van der Waals surface area contributed by atoms with E-state index in [1.165, 1.54) is 6.07 Å². The number of carbonyl (C=O) groups is 2. The first-order valence-corrected chi connectivity index (χ1v) is 13.8. The van der Waals surface area contributed by atoms with Gasteiger partial charge < -0.3 is 29.4 Å². The molecule has 1 aliphatic rings. The number of ether oxygens (including phenoxy) is 1. The van der Waals surface area contributed by atoms with Crippen LogP contribution >= 0.6 is 0 Å². The van der Waals surface area contributed by atoms with Crippen molar-refractivity contribution in [3.05, 3.63) is 70.9 Å². The zero-order valence-corrected chi connectivity index (χ0v) is 24.6. The SMILES string of the molecule is CC(C)(C)OC(=O)N=C(C1Cn2ccc3c(C(F)(F)F)c(CCc4ccccc4)cc(c32)CN1)N(C(=O)[O-])C(C)(C)C. The third-order valence-electron chi connectivity index (χ3n) is 6.93. The first-order valence-electron chi connectivity index (χ1n) is 13.8. The van der Waals surface area contributed by atoms with Gasteiger partial charge >= 0.3 is 12.3 Å². The largest absolute Gasteiger partial charge is 0.530 e. The Morgan fingerprint density at radius 1 is 1.07 bits per heavy atom. The van der Waals surface area contributed by atoms with E-state index in [0.29, 0.717) is 17.5 Å². The molecular formula is C31H36F3N4O4-. The van der Waals surface area contributed by atoms with Crippen LogP contribution in [0.15, 0.2) is 53.7 Å². The number of rotatable bonds is 4. The van der Waals surface area contributed by atoms with E-state index < -0.39 is 41.1 Å². The summed E-state index contributed by atoms with van der Waals surface area (Å²) in [4.78, 5) is 30.1. The van der Waals surface area contributed by atoms with Crippen molar-refractivity contribution in [2.24, 2.45) is 4.99 Å². The van der Waals surface area contributed by atoms with E-state index in [1.807, 2.05) is 30.3 Å². The molecule has 226 valence electrons. The lowest BCUT2D eigenvalue weighted by atomic mass is 9.94. The lowest BCUT2D eigenvalue weighted by Crippen LogP contribution is -2.60. The van der Waals surface area contributed by atoms with Gasteiger partial charge in [-0.3, -0.25) is 0 Å². The monoisotopic (exact) mass is 585 g/mol. The van der Waals surface area contributed by atoms with E-state index in [2.05, 4.69) is 10.3 Å². The average molecular weight is 586 g/mol. The Hall–Kier alpha value is -3.86. The van der Waals surface area contributed by atoms with E-state index in [4.69, 9.17) is 4.74 Å². The topological polar surface area (TPSA) is 99.0 Å². The Morgan fingerprint density at radius 2 is 1.74 bits per heavy atom. The van der Waals surface area contributed by atoms with Crippen molar-refractivity contribution in [3.63, 3.8) is 0 Å². The number of carboxylic acid groups (broad SMARTS) is 1. The lowest BCUT2D eigenvalue weighted by Gasteiger charge is -2.40.